The van der Waals surface area contributed by atoms with Crippen LogP contribution in [0.2, 0.25) is 0 Å². The van der Waals surface area contributed by atoms with E-state index in [9.17, 15) is 9.59 Å². The zero-order chi connectivity index (χ0) is 13.3. The van der Waals surface area contributed by atoms with Crippen molar-refractivity contribution in [3.8, 4) is 0 Å². The summed E-state index contributed by atoms with van der Waals surface area (Å²) in [6.45, 7) is 5.78. The summed E-state index contributed by atoms with van der Waals surface area (Å²) >= 11 is 0. The second-order valence-corrected chi connectivity index (χ2v) is 5.97. The molecule has 0 aliphatic heterocycles. The average molecular weight is 241 g/mol. The topological polar surface area (TPSA) is 75.4 Å². The Morgan fingerprint density at radius 2 is 1.88 bits per heavy atom. The van der Waals surface area contributed by atoms with Gasteiger partial charge in [-0.3, -0.25) is 9.59 Å². The summed E-state index contributed by atoms with van der Waals surface area (Å²) in [5, 5.41) is 2.82. The van der Waals surface area contributed by atoms with Gasteiger partial charge in [-0.05, 0) is 40.0 Å². The van der Waals surface area contributed by atoms with Gasteiger partial charge in [0.1, 0.15) is 0 Å². The van der Waals surface area contributed by atoms with E-state index in [0.717, 1.165) is 19.3 Å². The number of hydrogen-bond donors (Lipinski definition) is 2. The van der Waals surface area contributed by atoms with Crippen LogP contribution < -0.4 is 11.1 Å². The van der Waals surface area contributed by atoms with Crippen molar-refractivity contribution in [2.45, 2.75) is 51.1 Å². The number of likely N-dealkylation sites (N-methyl/N-ethyl adjacent to an activating group) is 1. The van der Waals surface area contributed by atoms with Crippen molar-refractivity contribution >= 4 is 11.8 Å². The summed E-state index contributed by atoms with van der Waals surface area (Å²) in [4.78, 5) is 25.0. The Balaban J connectivity index is 2.46. The molecular formula is C12H23N3O2. The third kappa shape index (κ3) is 3.70. The monoisotopic (exact) mass is 241 g/mol. The van der Waals surface area contributed by atoms with Gasteiger partial charge in [-0.1, -0.05) is 0 Å². The van der Waals surface area contributed by atoms with Crippen LogP contribution in [-0.4, -0.2) is 41.4 Å². The molecular weight excluding hydrogens is 218 g/mol. The molecule has 0 saturated heterocycles. The standard InChI is InChI=1S/C12H23N3O2/c1-11(2,3)14-9(16)8-15(4)10(17)12(13)6-5-7-12/h5-8,13H2,1-4H3,(H,14,16). The van der Waals surface area contributed by atoms with Crippen molar-refractivity contribution in [1.82, 2.24) is 10.2 Å². The van der Waals surface area contributed by atoms with E-state index in [2.05, 4.69) is 5.32 Å². The quantitative estimate of drug-likeness (QED) is 0.743. The highest BCUT2D eigenvalue weighted by molar-refractivity contribution is 5.90. The molecule has 3 N–H and O–H groups in total. The van der Waals surface area contributed by atoms with E-state index in [0.29, 0.717) is 0 Å². The van der Waals surface area contributed by atoms with Crippen LogP contribution in [0.3, 0.4) is 0 Å². The molecule has 0 aromatic rings. The maximum atomic E-state index is 12.0. The number of nitrogens with zero attached hydrogens (tertiary/aromatic N) is 1. The fourth-order valence-electron chi connectivity index (χ4n) is 1.90. The van der Waals surface area contributed by atoms with E-state index in [1.807, 2.05) is 20.8 Å². The number of nitrogens with one attached hydrogen (secondary N) is 1. The molecule has 5 heteroatoms. The van der Waals surface area contributed by atoms with E-state index in [1.54, 1.807) is 7.05 Å². The first-order valence-electron chi connectivity index (χ1n) is 5.99. The zero-order valence-corrected chi connectivity index (χ0v) is 11.2. The Hall–Kier alpha value is -1.10. The molecule has 5 nitrogen and oxygen atoms in total. The average Bonchev–Trinajstić information content (AvgIpc) is 2.09. The number of carbonyl (C=O) groups is 2. The third-order valence-electron chi connectivity index (χ3n) is 2.91. The molecule has 0 aromatic heterocycles. The molecule has 17 heavy (non-hydrogen) atoms. The second kappa shape index (κ2) is 4.64. The van der Waals surface area contributed by atoms with Gasteiger partial charge in [-0.25, -0.2) is 0 Å². The predicted octanol–water partition coefficient (Wildman–Crippen LogP) is 0.241. The van der Waals surface area contributed by atoms with E-state index in [1.165, 1.54) is 4.90 Å². The lowest BCUT2D eigenvalue weighted by Gasteiger charge is -2.39. The maximum Gasteiger partial charge on any atom is 0.242 e. The summed E-state index contributed by atoms with van der Waals surface area (Å²) in [5.41, 5.74) is 4.92. The number of amides is 2. The molecule has 0 heterocycles. The van der Waals surface area contributed by atoms with Crippen molar-refractivity contribution in [3.05, 3.63) is 0 Å². The molecule has 0 unspecified atom stereocenters. The lowest BCUT2D eigenvalue weighted by molar-refractivity contribution is -0.142. The minimum atomic E-state index is -0.725. The molecule has 0 bridgehead atoms. The first-order valence-corrected chi connectivity index (χ1v) is 5.99. The van der Waals surface area contributed by atoms with Crippen LogP contribution in [-0.2, 0) is 9.59 Å². The van der Waals surface area contributed by atoms with Crippen LogP contribution >= 0.6 is 0 Å². The second-order valence-electron chi connectivity index (χ2n) is 5.97. The van der Waals surface area contributed by atoms with Gasteiger partial charge in [0.25, 0.3) is 0 Å². The molecule has 1 aliphatic rings. The van der Waals surface area contributed by atoms with Gasteiger partial charge in [0.2, 0.25) is 11.8 Å². The maximum absolute atomic E-state index is 12.0. The Labute approximate surface area is 103 Å². The van der Waals surface area contributed by atoms with Crippen LogP contribution in [0.4, 0.5) is 0 Å². The van der Waals surface area contributed by atoms with Crippen LogP contribution in [0.1, 0.15) is 40.0 Å². The van der Waals surface area contributed by atoms with Crippen molar-refractivity contribution in [2.75, 3.05) is 13.6 Å². The first-order chi connectivity index (χ1) is 7.64. The van der Waals surface area contributed by atoms with Gasteiger partial charge >= 0.3 is 0 Å². The normalized spacial score (nSPS) is 18.2. The number of hydrogen-bond acceptors (Lipinski definition) is 3. The van der Waals surface area contributed by atoms with Gasteiger partial charge in [-0.15, -0.1) is 0 Å². The van der Waals surface area contributed by atoms with Crippen molar-refractivity contribution < 1.29 is 9.59 Å². The summed E-state index contributed by atoms with van der Waals surface area (Å²) in [5.74, 6) is -0.288. The highest BCUT2D eigenvalue weighted by Crippen LogP contribution is 2.30. The van der Waals surface area contributed by atoms with Crippen LogP contribution in [0.15, 0.2) is 0 Å². The van der Waals surface area contributed by atoms with E-state index >= 15 is 0 Å². The van der Waals surface area contributed by atoms with Crippen LogP contribution in [0.5, 0.6) is 0 Å². The molecule has 2 amide bonds. The van der Waals surface area contributed by atoms with E-state index in [4.69, 9.17) is 5.73 Å². The summed E-state index contributed by atoms with van der Waals surface area (Å²) in [6, 6.07) is 0. The fourth-order valence-corrected chi connectivity index (χ4v) is 1.90. The minimum absolute atomic E-state index is 0.0645. The zero-order valence-electron chi connectivity index (χ0n) is 11.2. The van der Waals surface area contributed by atoms with Gasteiger partial charge < -0.3 is 16.0 Å². The van der Waals surface area contributed by atoms with E-state index < -0.39 is 5.54 Å². The van der Waals surface area contributed by atoms with Crippen molar-refractivity contribution in [1.29, 1.82) is 0 Å². The van der Waals surface area contributed by atoms with Crippen molar-refractivity contribution in [2.24, 2.45) is 5.73 Å². The largest absolute Gasteiger partial charge is 0.350 e. The first kappa shape index (κ1) is 14.0. The van der Waals surface area contributed by atoms with Gasteiger partial charge in [-0.2, -0.15) is 0 Å². The van der Waals surface area contributed by atoms with Gasteiger partial charge in [0.05, 0.1) is 12.1 Å². The number of nitrogens with two attached hydrogens (primary N) is 1. The Bertz CT molecular complexity index is 316. The smallest absolute Gasteiger partial charge is 0.242 e. The SMILES string of the molecule is CN(CC(=O)NC(C)(C)C)C(=O)C1(N)CCC1. The highest BCUT2D eigenvalue weighted by Gasteiger charge is 2.42. The molecule has 1 saturated carbocycles. The molecule has 0 atom stereocenters. The minimum Gasteiger partial charge on any atom is -0.350 e. The molecule has 0 spiro atoms. The molecule has 1 aliphatic carbocycles. The molecule has 0 aromatic carbocycles. The Kier molecular flexibility index (Phi) is 3.81. The Morgan fingerprint density at radius 1 is 1.35 bits per heavy atom. The van der Waals surface area contributed by atoms with E-state index in [-0.39, 0.29) is 23.9 Å². The third-order valence-corrected chi connectivity index (χ3v) is 2.91. The Morgan fingerprint density at radius 3 is 2.24 bits per heavy atom. The summed E-state index contributed by atoms with van der Waals surface area (Å²) in [7, 11) is 1.62. The van der Waals surface area contributed by atoms with Crippen LogP contribution in [0.25, 0.3) is 0 Å². The fraction of sp³-hybridized carbons (Fsp3) is 0.833. The number of rotatable bonds is 3. The van der Waals surface area contributed by atoms with Crippen molar-refractivity contribution in [3.63, 3.8) is 0 Å². The summed E-state index contributed by atoms with van der Waals surface area (Å²) < 4.78 is 0. The van der Waals surface area contributed by atoms with Gasteiger partial charge in [0.15, 0.2) is 0 Å². The molecule has 1 fully saturated rings. The van der Waals surface area contributed by atoms with Gasteiger partial charge in [0, 0.05) is 12.6 Å². The predicted molar refractivity (Wildman–Crippen MR) is 66.3 cm³/mol. The number of carbonyl (C=O) groups excluding carboxylic acids is 2. The lowest BCUT2D eigenvalue weighted by Crippen LogP contribution is -2.60. The lowest BCUT2D eigenvalue weighted by atomic mass is 9.76. The molecule has 98 valence electrons. The molecule has 0 radical (unpaired) electrons. The van der Waals surface area contributed by atoms with Crippen LogP contribution in [0, 0.1) is 0 Å². The summed E-state index contributed by atoms with van der Waals surface area (Å²) in [6.07, 6.45) is 2.43. The molecule has 1 rings (SSSR count). The highest BCUT2D eigenvalue weighted by atomic mass is 16.2.